The van der Waals surface area contributed by atoms with E-state index in [9.17, 15) is 4.79 Å². The Morgan fingerprint density at radius 1 is 1.53 bits per heavy atom. The molecule has 0 aromatic rings. The number of carbonyl (C=O) groups excluding carboxylic acids is 1. The number of hydrogen-bond acceptors (Lipinski definition) is 4. The summed E-state index contributed by atoms with van der Waals surface area (Å²) in [7, 11) is 5.78. The first kappa shape index (κ1) is 13.2. The van der Waals surface area contributed by atoms with Crippen molar-refractivity contribution in [1.82, 2.24) is 9.80 Å². The Balaban J connectivity index is 1.73. The molecule has 0 N–H and O–H groups in total. The van der Waals surface area contributed by atoms with Gasteiger partial charge in [-0.3, -0.25) is 4.79 Å². The van der Waals surface area contributed by atoms with E-state index in [1.165, 1.54) is 0 Å². The van der Waals surface area contributed by atoms with Crippen LogP contribution < -0.4 is 0 Å². The third-order valence-electron chi connectivity index (χ3n) is 3.59. The van der Waals surface area contributed by atoms with Crippen molar-refractivity contribution in [2.24, 2.45) is 0 Å². The van der Waals surface area contributed by atoms with Crippen LogP contribution in [0.3, 0.4) is 0 Å². The Morgan fingerprint density at radius 2 is 2.24 bits per heavy atom. The fourth-order valence-corrected chi connectivity index (χ4v) is 4.07. The van der Waals surface area contributed by atoms with E-state index in [0.29, 0.717) is 23.2 Å². The quantitative estimate of drug-likeness (QED) is 0.742. The van der Waals surface area contributed by atoms with E-state index in [0.717, 1.165) is 31.8 Å². The number of amides is 1. The summed E-state index contributed by atoms with van der Waals surface area (Å²) in [4.78, 5) is 15.9. The minimum atomic E-state index is 0.297. The fraction of sp³-hybridized carbons (Fsp3) is 0.917. The molecule has 1 spiro atoms. The Kier molecular flexibility index (Phi) is 4.00. The van der Waals surface area contributed by atoms with E-state index >= 15 is 0 Å². The zero-order valence-electron chi connectivity index (χ0n) is 10.9. The van der Waals surface area contributed by atoms with Crippen LogP contribution in [0.1, 0.15) is 12.8 Å². The van der Waals surface area contributed by atoms with Gasteiger partial charge in [-0.05, 0) is 20.5 Å². The van der Waals surface area contributed by atoms with Gasteiger partial charge in [-0.2, -0.15) is 0 Å². The SMILES string of the molecule is CO[C@H]1CSC2(C1)CN(C(=O)CCN(C)C)C2. The Labute approximate surface area is 108 Å². The topological polar surface area (TPSA) is 32.8 Å². The van der Waals surface area contributed by atoms with E-state index in [4.69, 9.17) is 4.74 Å². The molecular weight excluding hydrogens is 236 g/mol. The Hall–Kier alpha value is -0.260. The first-order valence-electron chi connectivity index (χ1n) is 6.14. The minimum Gasteiger partial charge on any atom is -0.381 e. The van der Waals surface area contributed by atoms with Gasteiger partial charge in [-0.15, -0.1) is 11.8 Å². The molecule has 0 radical (unpaired) electrons. The minimum absolute atomic E-state index is 0.297. The highest BCUT2D eigenvalue weighted by Gasteiger charge is 2.50. The molecule has 2 aliphatic heterocycles. The van der Waals surface area contributed by atoms with Gasteiger partial charge >= 0.3 is 0 Å². The number of nitrogens with zero attached hydrogens (tertiary/aromatic N) is 2. The lowest BCUT2D eigenvalue weighted by molar-refractivity contribution is -0.136. The summed E-state index contributed by atoms with van der Waals surface area (Å²) in [6.07, 6.45) is 2.13. The van der Waals surface area contributed by atoms with Crippen LogP contribution in [-0.4, -0.2) is 73.2 Å². The molecule has 2 saturated heterocycles. The molecule has 0 aromatic carbocycles. The highest BCUT2D eigenvalue weighted by atomic mass is 32.2. The number of hydrogen-bond donors (Lipinski definition) is 0. The van der Waals surface area contributed by atoms with Gasteiger partial charge in [-0.1, -0.05) is 0 Å². The van der Waals surface area contributed by atoms with Gasteiger partial charge in [0, 0.05) is 38.9 Å². The second-order valence-corrected chi connectivity index (χ2v) is 6.85. The maximum absolute atomic E-state index is 11.9. The maximum atomic E-state index is 11.9. The molecule has 2 rings (SSSR count). The van der Waals surface area contributed by atoms with Crippen LogP contribution >= 0.6 is 11.8 Å². The smallest absolute Gasteiger partial charge is 0.223 e. The van der Waals surface area contributed by atoms with Crippen LogP contribution in [0.15, 0.2) is 0 Å². The fourth-order valence-electron chi connectivity index (χ4n) is 2.48. The van der Waals surface area contributed by atoms with E-state index in [2.05, 4.69) is 4.90 Å². The lowest BCUT2D eigenvalue weighted by Gasteiger charge is -2.47. The van der Waals surface area contributed by atoms with Gasteiger partial charge in [0.2, 0.25) is 5.91 Å². The van der Waals surface area contributed by atoms with E-state index in [1.54, 1.807) is 7.11 Å². The molecule has 0 saturated carbocycles. The Morgan fingerprint density at radius 3 is 2.76 bits per heavy atom. The number of carbonyl (C=O) groups is 1. The van der Waals surface area contributed by atoms with E-state index in [1.807, 2.05) is 30.8 Å². The molecule has 5 heteroatoms. The van der Waals surface area contributed by atoms with Crippen LogP contribution in [0.25, 0.3) is 0 Å². The molecule has 1 atom stereocenters. The summed E-state index contributed by atoms with van der Waals surface area (Å²) < 4.78 is 5.70. The van der Waals surface area contributed by atoms with Crippen LogP contribution in [0, 0.1) is 0 Å². The summed E-state index contributed by atoms with van der Waals surface area (Å²) in [5.74, 6) is 1.38. The average molecular weight is 258 g/mol. The number of rotatable bonds is 4. The van der Waals surface area contributed by atoms with Crippen LogP contribution in [0.2, 0.25) is 0 Å². The molecule has 0 aromatic heterocycles. The molecule has 0 unspecified atom stereocenters. The molecule has 2 fully saturated rings. The lowest BCUT2D eigenvalue weighted by Crippen LogP contribution is -2.61. The summed E-state index contributed by atoms with van der Waals surface area (Å²) in [5.41, 5.74) is 0. The van der Waals surface area contributed by atoms with Gasteiger partial charge in [0.15, 0.2) is 0 Å². The highest BCUT2D eigenvalue weighted by Crippen LogP contribution is 2.45. The van der Waals surface area contributed by atoms with Crippen LogP contribution in [-0.2, 0) is 9.53 Å². The molecule has 2 heterocycles. The molecule has 98 valence electrons. The van der Waals surface area contributed by atoms with Crippen molar-refractivity contribution in [2.45, 2.75) is 23.7 Å². The van der Waals surface area contributed by atoms with Crippen molar-refractivity contribution in [3.63, 3.8) is 0 Å². The number of likely N-dealkylation sites (tertiary alicyclic amines) is 1. The maximum Gasteiger partial charge on any atom is 0.223 e. The molecular formula is C12H22N2O2S. The average Bonchev–Trinajstić information content (AvgIpc) is 2.68. The van der Waals surface area contributed by atoms with Crippen LogP contribution in [0.5, 0.6) is 0 Å². The van der Waals surface area contributed by atoms with Crippen molar-refractivity contribution in [3.05, 3.63) is 0 Å². The molecule has 17 heavy (non-hydrogen) atoms. The first-order chi connectivity index (χ1) is 8.04. The molecule has 4 nitrogen and oxygen atoms in total. The van der Waals surface area contributed by atoms with Gasteiger partial charge in [0.05, 0.1) is 10.9 Å². The van der Waals surface area contributed by atoms with Crippen molar-refractivity contribution >= 4 is 17.7 Å². The molecule has 2 aliphatic rings. The van der Waals surface area contributed by atoms with Crippen molar-refractivity contribution in [2.75, 3.05) is 46.6 Å². The molecule has 0 bridgehead atoms. The Bertz CT molecular complexity index is 290. The van der Waals surface area contributed by atoms with Gasteiger partial charge < -0.3 is 14.5 Å². The van der Waals surface area contributed by atoms with Gasteiger partial charge in [0.25, 0.3) is 0 Å². The largest absolute Gasteiger partial charge is 0.381 e. The van der Waals surface area contributed by atoms with Crippen molar-refractivity contribution in [3.8, 4) is 0 Å². The standard InChI is InChI=1S/C12H22N2O2S/c1-13(2)5-4-11(15)14-8-12(9-14)6-10(16-3)7-17-12/h10H,4-9H2,1-3H3/t10-/m1/s1. The second-order valence-electron chi connectivity index (χ2n) is 5.36. The summed E-state index contributed by atoms with van der Waals surface area (Å²) in [6, 6.07) is 0. The zero-order valence-corrected chi connectivity index (χ0v) is 11.8. The zero-order chi connectivity index (χ0) is 12.5. The van der Waals surface area contributed by atoms with E-state index < -0.39 is 0 Å². The van der Waals surface area contributed by atoms with Crippen LogP contribution in [0.4, 0.5) is 0 Å². The number of ether oxygens (including phenoxy) is 1. The first-order valence-corrected chi connectivity index (χ1v) is 7.12. The third kappa shape index (κ3) is 2.95. The number of thioether (sulfide) groups is 1. The monoisotopic (exact) mass is 258 g/mol. The predicted octanol–water partition coefficient (Wildman–Crippen LogP) is 0.671. The van der Waals surface area contributed by atoms with Gasteiger partial charge in [-0.25, -0.2) is 0 Å². The van der Waals surface area contributed by atoms with Crippen molar-refractivity contribution < 1.29 is 9.53 Å². The second kappa shape index (κ2) is 5.16. The predicted molar refractivity (Wildman–Crippen MR) is 70.4 cm³/mol. The molecule has 1 amide bonds. The van der Waals surface area contributed by atoms with E-state index in [-0.39, 0.29) is 0 Å². The summed E-state index contributed by atoms with van der Waals surface area (Å²) in [5, 5.41) is 0. The highest BCUT2D eigenvalue weighted by molar-refractivity contribution is 8.01. The molecule has 0 aliphatic carbocycles. The lowest BCUT2D eigenvalue weighted by atomic mass is 9.92. The number of methoxy groups -OCH3 is 1. The third-order valence-corrected chi connectivity index (χ3v) is 5.17. The summed E-state index contributed by atoms with van der Waals surface area (Å²) >= 11 is 1.98. The summed E-state index contributed by atoms with van der Waals surface area (Å²) in [6.45, 7) is 2.68. The van der Waals surface area contributed by atoms with Crippen molar-refractivity contribution in [1.29, 1.82) is 0 Å². The normalized spacial score (nSPS) is 26.6. The van der Waals surface area contributed by atoms with Gasteiger partial charge in [0.1, 0.15) is 0 Å².